The highest BCUT2D eigenvalue weighted by Crippen LogP contribution is 2.25. The van der Waals surface area contributed by atoms with Gasteiger partial charge in [-0.2, -0.15) is 0 Å². The molecule has 2 N–H and O–H groups in total. The number of carbonyl (C=O) groups is 1. The zero-order valence-corrected chi connectivity index (χ0v) is 17.0. The van der Waals surface area contributed by atoms with E-state index in [1.165, 1.54) is 28.8 Å². The van der Waals surface area contributed by atoms with Crippen LogP contribution in [0.25, 0.3) is 0 Å². The van der Waals surface area contributed by atoms with Crippen LogP contribution in [0.4, 0.5) is 8.78 Å². The lowest BCUT2D eigenvalue weighted by Gasteiger charge is -2.16. The van der Waals surface area contributed by atoms with Gasteiger partial charge < -0.3 is 19.5 Å². The second-order valence-corrected chi connectivity index (χ2v) is 7.18. The van der Waals surface area contributed by atoms with Crippen LogP contribution in [0.15, 0.2) is 57.8 Å². The lowest BCUT2D eigenvalue weighted by molar-refractivity contribution is 0.0697. The molecule has 0 aliphatic carbocycles. The Balaban J connectivity index is 1.87. The molecule has 0 aliphatic heterocycles. The topological polar surface area (TPSA) is 88.8 Å². The van der Waals surface area contributed by atoms with Gasteiger partial charge in [-0.25, -0.2) is 13.6 Å². The van der Waals surface area contributed by atoms with Gasteiger partial charge in [0.1, 0.15) is 28.5 Å². The molecule has 1 aromatic heterocycles. The van der Waals surface area contributed by atoms with Gasteiger partial charge in [-0.05, 0) is 45.8 Å². The van der Waals surface area contributed by atoms with Crippen molar-refractivity contribution in [3.8, 4) is 5.75 Å². The van der Waals surface area contributed by atoms with Crippen LogP contribution in [0.5, 0.6) is 5.75 Å². The number of rotatable bonds is 7. The van der Waals surface area contributed by atoms with Crippen LogP contribution in [0.1, 0.15) is 27.2 Å². The lowest BCUT2D eigenvalue weighted by Crippen LogP contribution is -2.25. The third kappa shape index (κ3) is 4.74. The van der Waals surface area contributed by atoms with E-state index in [1.54, 1.807) is 12.1 Å². The zero-order chi connectivity index (χ0) is 21.8. The summed E-state index contributed by atoms with van der Waals surface area (Å²) in [6.45, 7) is -0.604. The minimum atomic E-state index is -1.06. The number of carboxylic acid groups (broad SMARTS) is 1. The molecule has 0 radical (unpaired) electrons. The smallest absolute Gasteiger partial charge is 0.335 e. The quantitative estimate of drug-likeness (QED) is 0.539. The number of aromatic carboxylic acids is 1. The standard InChI is InChI=1S/C21H16BrF2NO5/c22-19-18(30-11-14-5-6-15(23)7-17(14)24)8-16(10-26)25(20(19)27)9-12-1-3-13(4-2-12)21(28)29/h1-8,26H,9-11H2,(H,28,29). The van der Waals surface area contributed by atoms with Gasteiger partial charge in [-0.1, -0.05) is 12.1 Å². The van der Waals surface area contributed by atoms with Crippen molar-refractivity contribution in [2.45, 2.75) is 19.8 Å². The summed E-state index contributed by atoms with van der Waals surface area (Å²) in [5, 5.41) is 18.7. The Morgan fingerprint density at radius 1 is 1.10 bits per heavy atom. The van der Waals surface area contributed by atoms with Crippen molar-refractivity contribution in [3.05, 3.63) is 97.4 Å². The van der Waals surface area contributed by atoms with E-state index in [9.17, 15) is 23.5 Å². The number of aromatic nitrogens is 1. The van der Waals surface area contributed by atoms with Crippen LogP contribution in [0, 0.1) is 11.6 Å². The SMILES string of the molecule is O=C(O)c1ccc(Cn2c(CO)cc(OCc3ccc(F)cc3F)c(Br)c2=O)cc1. The number of nitrogens with zero attached hydrogens (tertiary/aromatic N) is 1. The average molecular weight is 480 g/mol. The molecule has 0 bridgehead atoms. The van der Waals surface area contributed by atoms with E-state index in [1.807, 2.05) is 0 Å². The molecular weight excluding hydrogens is 464 g/mol. The number of ether oxygens (including phenoxy) is 1. The molecule has 0 atom stereocenters. The summed E-state index contributed by atoms with van der Waals surface area (Å²) in [7, 11) is 0. The highest BCUT2D eigenvalue weighted by molar-refractivity contribution is 9.10. The van der Waals surface area contributed by atoms with E-state index in [0.717, 1.165) is 12.1 Å². The minimum absolute atomic E-state index is 0.0735. The number of hydrogen-bond acceptors (Lipinski definition) is 4. The Morgan fingerprint density at radius 3 is 2.40 bits per heavy atom. The van der Waals surface area contributed by atoms with Crippen LogP contribution in [0.3, 0.4) is 0 Å². The largest absolute Gasteiger partial charge is 0.487 e. The maximum absolute atomic E-state index is 13.8. The predicted octanol–water partition coefficient (Wildman–Crippen LogP) is 3.71. The molecule has 0 fully saturated rings. The number of carboxylic acids is 1. The van der Waals surface area contributed by atoms with E-state index < -0.39 is 29.8 Å². The van der Waals surface area contributed by atoms with E-state index in [2.05, 4.69) is 15.9 Å². The third-order valence-corrected chi connectivity index (χ3v) is 5.13. The van der Waals surface area contributed by atoms with E-state index in [0.29, 0.717) is 5.56 Å². The van der Waals surface area contributed by atoms with Gasteiger partial charge >= 0.3 is 5.97 Å². The van der Waals surface area contributed by atoms with Crippen molar-refractivity contribution in [2.24, 2.45) is 0 Å². The Bertz CT molecular complexity index is 1150. The van der Waals surface area contributed by atoms with Gasteiger partial charge in [0.15, 0.2) is 0 Å². The fourth-order valence-electron chi connectivity index (χ4n) is 2.79. The maximum Gasteiger partial charge on any atom is 0.335 e. The molecule has 9 heteroatoms. The van der Waals surface area contributed by atoms with E-state index in [-0.39, 0.29) is 40.2 Å². The summed E-state index contributed by atoms with van der Waals surface area (Å²) in [6, 6.07) is 10.5. The third-order valence-electron chi connectivity index (χ3n) is 4.40. The number of aliphatic hydroxyl groups is 1. The number of benzene rings is 2. The van der Waals surface area contributed by atoms with Crippen LogP contribution < -0.4 is 10.3 Å². The molecule has 3 aromatic rings. The molecule has 0 unspecified atom stereocenters. The zero-order valence-electron chi connectivity index (χ0n) is 15.4. The highest BCUT2D eigenvalue weighted by atomic mass is 79.9. The van der Waals surface area contributed by atoms with Gasteiger partial charge in [0.05, 0.1) is 24.4 Å². The summed E-state index contributed by atoms with van der Waals surface area (Å²) in [4.78, 5) is 23.7. The predicted molar refractivity (Wildman–Crippen MR) is 108 cm³/mol. The van der Waals surface area contributed by atoms with Gasteiger partial charge in [-0.3, -0.25) is 4.79 Å². The summed E-state index contributed by atoms with van der Waals surface area (Å²) in [5.41, 5.74) is 0.646. The molecular formula is C21H16BrF2NO5. The van der Waals surface area contributed by atoms with Crippen LogP contribution in [-0.2, 0) is 19.8 Å². The molecule has 0 saturated carbocycles. The van der Waals surface area contributed by atoms with Crippen molar-refractivity contribution in [1.82, 2.24) is 4.57 Å². The Kier molecular flexibility index (Phi) is 6.63. The molecule has 0 aliphatic rings. The van der Waals surface area contributed by atoms with E-state index >= 15 is 0 Å². The van der Waals surface area contributed by atoms with Crippen molar-refractivity contribution < 1.29 is 28.5 Å². The first-order chi connectivity index (χ1) is 14.3. The molecule has 2 aromatic carbocycles. The molecule has 6 nitrogen and oxygen atoms in total. The highest BCUT2D eigenvalue weighted by Gasteiger charge is 2.15. The fourth-order valence-corrected chi connectivity index (χ4v) is 3.23. The van der Waals surface area contributed by atoms with Crippen molar-refractivity contribution >= 4 is 21.9 Å². The molecule has 0 amide bonds. The van der Waals surface area contributed by atoms with Gasteiger partial charge in [0, 0.05) is 17.7 Å². The Morgan fingerprint density at radius 2 is 1.80 bits per heavy atom. The van der Waals surface area contributed by atoms with Crippen LogP contribution >= 0.6 is 15.9 Å². The number of pyridine rings is 1. The average Bonchev–Trinajstić information content (AvgIpc) is 2.72. The summed E-state index contributed by atoms with van der Waals surface area (Å²) < 4.78 is 33.7. The summed E-state index contributed by atoms with van der Waals surface area (Å²) in [5.74, 6) is -2.44. The van der Waals surface area contributed by atoms with Gasteiger partial charge in [0.25, 0.3) is 5.56 Å². The molecule has 0 spiro atoms. The lowest BCUT2D eigenvalue weighted by atomic mass is 10.1. The Hall–Kier alpha value is -3.04. The number of hydrogen-bond donors (Lipinski definition) is 2. The maximum atomic E-state index is 13.8. The second kappa shape index (κ2) is 9.19. The van der Waals surface area contributed by atoms with Crippen molar-refractivity contribution in [1.29, 1.82) is 0 Å². The fraction of sp³-hybridized carbons (Fsp3) is 0.143. The van der Waals surface area contributed by atoms with Crippen LogP contribution in [-0.4, -0.2) is 20.7 Å². The normalized spacial score (nSPS) is 10.8. The van der Waals surface area contributed by atoms with Crippen molar-refractivity contribution in [2.75, 3.05) is 0 Å². The van der Waals surface area contributed by atoms with Crippen molar-refractivity contribution in [3.63, 3.8) is 0 Å². The van der Waals surface area contributed by atoms with E-state index in [4.69, 9.17) is 9.84 Å². The van der Waals surface area contributed by atoms with Gasteiger partial charge in [-0.15, -0.1) is 0 Å². The van der Waals surface area contributed by atoms with Crippen LogP contribution in [0.2, 0.25) is 0 Å². The molecule has 1 heterocycles. The molecule has 30 heavy (non-hydrogen) atoms. The number of halogens is 3. The first-order valence-corrected chi connectivity index (χ1v) is 9.51. The molecule has 3 rings (SSSR count). The summed E-state index contributed by atoms with van der Waals surface area (Å²) >= 11 is 3.17. The summed E-state index contributed by atoms with van der Waals surface area (Å²) in [6.07, 6.45) is 0. The number of aliphatic hydroxyl groups excluding tert-OH is 1. The first kappa shape index (κ1) is 21.7. The second-order valence-electron chi connectivity index (χ2n) is 6.39. The monoisotopic (exact) mass is 479 g/mol. The first-order valence-electron chi connectivity index (χ1n) is 8.72. The molecule has 156 valence electrons. The van der Waals surface area contributed by atoms with Gasteiger partial charge in [0.2, 0.25) is 0 Å². The Labute approximate surface area is 178 Å². The minimum Gasteiger partial charge on any atom is -0.487 e. The molecule has 0 saturated heterocycles.